The van der Waals surface area contributed by atoms with Crippen molar-refractivity contribution in [2.75, 3.05) is 52.4 Å². The maximum Gasteiger partial charge on any atom is 0.407 e. The molecule has 2 unspecified atom stereocenters. The maximum atomic E-state index is 11.7. The monoisotopic (exact) mass is 469 g/mol. The van der Waals surface area contributed by atoms with Crippen molar-refractivity contribution in [3.8, 4) is 17.9 Å². The number of fused-ring (bicyclic) bond motifs is 2. The number of benzene rings is 1. The lowest BCUT2D eigenvalue weighted by Gasteiger charge is -2.46. The summed E-state index contributed by atoms with van der Waals surface area (Å²) < 4.78 is 17.2. The number of alkyl carbamates (subject to hydrolysis) is 1. The molecule has 0 aliphatic carbocycles. The van der Waals surface area contributed by atoms with Gasteiger partial charge in [0.25, 0.3) is 0 Å². The van der Waals surface area contributed by atoms with Crippen LogP contribution in [0.2, 0.25) is 0 Å². The number of morpholine rings is 2. The Balaban J connectivity index is 1.32. The van der Waals surface area contributed by atoms with Crippen LogP contribution in [0.3, 0.4) is 0 Å². The van der Waals surface area contributed by atoms with E-state index < -0.39 is 5.60 Å². The lowest BCUT2D eigenvalue weighted by atomic mass is 10.1. The van der Waals surface area contributed by atoms with Crippen LogP contribution in [-0.2, 0) is 9.47 Å². The molecule has 2 aliphatic heterocycles. The summed E-state index contributed by atoms with van der Waals surface area (Å²) in [4.78, 5) is 16.6. The summed E-state index contributed by atoms with van der Waals surface area (Å²) in [5, 5.41) is 21.0. The molecule has 1 amide bonds. The van der Waals surface area contributed by atoms with Crippen LogP contribution >= 0.6 is 0 Å². The summed E-state index contributed by atoms with van der Waals surface area (Å²) in [6.45, 7) is 12.1. The largest absolute Gasteiger partial charge is 0.492 e. The van der Waals surface area contributed by atoms with Gasteiger partial charge >= 0.3 is 6.09 Å². The van der Waals surface area contributed by atoms with Crippen molar-refractivity contribution in [3.63, 3.8) is 0 Å². The zero-order valence-electron chi connectivity index (χ0n) is 20.4. The number of hydrogen-bond acceptors (Lipinski definition) is 8. The molecule has 2 fully saturated rings. The van der Waals surface area contributed by atoms with E-state index >= 15 is 0 Å². The van der Waals surface area contributed by atoms with Gasteiger partial charge in [0.15, 0.2) is 0 Å². The number of rotatable bonds is 9. The fourth-order valence-electron chi connectivity index (χ4n) is 4.32. The van der Waals surface area contributed by atoms with E-state index in [0.29, 0.717) is 30.0 Å². The van der Waals surface area contributed by atoms with Crippen molar-refractivity contribution in [2.24, 2.45) is 0 Å². The van der Waals surface area contributed by atoms with Gasteiger partial charge in [-0.1, -0.05) is 0 Å². The van der Waals surface area contributed by atoms with Crippen LogP contribution in [0.25, 0.3) is 0 Å². The second-order valence-corrected chi connectivity index (χ2v) is 9.82. The molecule has 0 saturated carbocycles. The standard InChI is InChI=1S/C25H35N5O4/c1-25(2,3)34-24(31)28-8-4-9-29-15-21-17-30(18-22(16-29)33-21)10-5-11-32-23-7-6-19(13-26)12-20(23)14-27/h6-7,12,21-22H,4-5,8-11,15-18H2,1-3H3,(H,28,31). The third-order valence-electron chi connectivity index (χ3n) is 5.66. The lowest BCUT2D eigenvalue weighted by Crippen LogP contribution is -2.59. The fraction of sp³-hybridized carbons (Fsp3) is 0.640. The highest BCUT2D eigenvalue weighted by Gasteiger charge is 2.34. The van der Waals surface area contributed by atoms with Crippen LogP contribution in [0.15, 0.2) is 18.2 Å². The molecule has 1 aromatic rings. The summed E-state index contributed by atoms with van der Waals surface area (Å²) in [6.07, 6.45) is 1.74. The van der Waals surface area contributed by atoms with Crippen LogP contribution in [0.5, 0.6) is 5.75 Å². The first-order chi connectivity index (χ1) is 16.3. The summed E-state index contributed by atoms with van der Waals surface area (Å²) in [7, 11) is 0. The van der Waals surface area contributed by atoms with E-state index in [1.54, 1.807) is 18.2 Å². The number of nitriles is 2. The molecule has 9 heteroatoms. The van der Waals surface area contributed by atoms with Crippen molar-refractivity contribution >= 4 is 6.09 Å². The second-order valence-electron chi connectivity index (χ2n) is 9.82. The quantitative estimate of drug-likeness (QED) is 0.549. The molecule has 1 aromatic carbocycles. The fourth-order valence-corrected chi connectivity index (χ4v) is 4.32. The minimum Gasteiger partial charge on any atom is -0.492 e. The van der Waals surface area contributed by atoms with Crippen LogP contribution in [-0.4, -0.2) is 86.1 Å². The van der Waals surface area contributed by atoms with Gasteiger partial charge < -0.3 is 19.5 Å². The zero-order chi connectivity index (χ0) is 24.6. The number of nitrogens with zero attached hydrogens (tertiary/aromatic N) is 4. The molecule has 2 atom stereocenters. The molecule has 2 heterocycles. The molecular weight excluding hydrogens is 434 g/mol. The maximum absolute atomic E-state index is 11.7. The van der Waals surface area contributed by atoms with E-state index in [1.165, 1.54) is 0 Å². The van der Waals surface area contributed by atoms with Crippen LogP contribution < -0.4 is 10.1 Å². The zero-order valence-corrected chi connectivity index (χ0v) is 20.4. The summed E-state index contributed by atoms with van der Waals surface area (Å²) in [5.74, 6) is 0.525. The van der Waals surface area contributed by atoms with Crippen LogP contribution in [0.4, 0.5) is 4.79 Å². The Morgan fingerprint density at radius 1 is 1.09 bits per heavy atom. The molecule has 184 valence electrons. The molecular formula is C25H35N5O4. The molecule has 2 bridgehead atoms. The topological polar surface area (TPSA) is 111 Å². The van der Waals surface area contributed by atoms with Crippen molar-refractivity contribution in [1.82, 2.24) is 15.1 Å². The first-order valence-corrected chi connectivity index (χ1v) is 11.9. The number of ether oxygens (including phenoxy) is 3. The predicted octanol–water partition coefficient (Wildman–Crippen LogP) is 2.50. The minimum atomic E-state index is -0.479. The average molecular weight is 470 g/mol. The predicted molar refractivity (Wildman–Crippen MR) is 126 cm³/mol. The van der Waals surface area contributed by atoms with Gasteiger partial charge in [0.05, 0.1) is 36.0 Å². The Morgan fingerprint density at radius 2 is 1.74 bits per heavy atom. The molecule has 0 radical (unpaired) electrons. The van der Waals surface area contributed by atoms with E-state index in [-0.39, 0.29) is 18.3 Å². The van der Waals surface area contributed by atoms with E-state index in [4.69, 9.17) is 19.5 Å². The van der Waals surface area contributed by atoms with Gasteiger partial charge in [0, 0.05) is 45.8 Å². The lowest BCUT2D eigenvalue weighted by molar-refractivity contribution is -0.138. The smallest absolute Gasteiger partial charge is 0.407 e. The Hall–Kier alpha value is -2.85. The molecule has 2 aliphatic rings. The van der Waals surface area contributed by atoms with E-state index in [0.717, 1.165) is 52.1 Å². The molecule has 0 spiro atoms. The normalized spacial score (nSPS) is 20.7. The number of carbonyl (C=O) groups is 1. The Kier molecular flexibility index (Phi) is 9.12. The van der Waals surface area contributed by atoms with Gasteiger partial charge in [-0.05, 0) is 51.8 Å². The summed E-state index contributed by atoms with van der Waals surface area (Å²) in [6, 6.07) is 9.03. The molecule has 0 aromatic heterocycles. The first-order valence-electron chi connectivity index (χ1n) is 11.9. The van der Waals surface area contributed by atoms with Crippen LogP contribution in [0, 0.1) is 22.7 Å². The highest BCUT2D eigenvalue weighted by molar-refractivity contribution is 5.67. The highest BCUT2D eigenvalue weighted by Crippen LogP contribution is 2.21. The van der Waals surface area contributed by atoms with Crippen molar-refractivity contribution in [3.05, 3.63) is 29.3 Å². The minimum absolute atomic E-state index is 0.191. The molecule has 1 N–H and O–H groups in total. The van der Waals surface area contributed by atoms with Crippen molar-refractivity contribution in [1.29, 1.82) is 10.5 Å². The molecule has 34 heavy (non-hydrogen) atoms. The summed E-state index contributed by atoms with van der Waals surface area (Å²) >= 11 is 0. The Labute approximate surface area is 202 Å². The van der Waals surface area contributed by atoms with Crippen molar-refractivity contribution < 1.29 is 19.0 Å². The molecule has 3 rings (SSSR count). The SMILES string of the molecule is CC(C)(C)OC(=O)NCCCN1CC2CN(CCCOc3ccc(C#N)cc3C#N)CC(C1)O2. The van der Waals surface area contributed by atoms with Gasteiger partial charge in [0.2, 0.25) is 0 Å². The summed E-state index contributed by atoms with van der Waals surface area (Å²) in [5.41, 5.74) is 0.367. The Morgan fingerprint density at radius 3 is 2.32 bits per heavy atom. The van der Waals surface area contributed by atoms with Gasteiger partial charge in [-0.3, -0.25) is 9.80 Å². The molecule has 9 nitrogen and oxygen atoms in total. The third kappa shape index (κ3) is 8.18. The third-order valence-corrected chi connectivity index (χ3v) is 5.66. The molecule has 2 saturated heterocycles. The number of hydrogen-bond donors (Lipinski definition) is 1. The number of carbonyl (C=O) groups excluding carboxylic acids is 1. The van der Waals surface area contributed by atoms with E-state index in [2.05, 4.69) is 21.2 Å². The van der Waals surface area contributed by atoms with Gasteiger partial charge in [-0.25, -0.2) is 4.79 Å². The van der Waals surface area contributed by atoms with E-state index in [1.807, 2.05) is 26.8 Å². The van der Waals surface area contributed by atoms with Gasteiger partial charge in [-0.2, -0.15) is 10.5 Å². The second kappa shape index (κ2) is 12.0. The average Bonchev–Trinajstić information content (AvgIpc) is 2.78. The number of amides is 1. The highest BCUT2D eigenvalue weighted by atomic mass is 16.6. The number of nitrogens with one attached hydrogen (secondary N) is 1. The van der Waals surface area contributed by atoms with Crippen molar-refractivity contribution in [2.45, 2.75) is 51.4 Å². The van der Waals surface area contributed by atoms with Gasteiger partial charge in [-0.15, -0.1) is 0 Å². The van der Waals surface area contributed by atoms with Gasteiger partial charge in [0.1, 0.15) is 17.4 Å². The van der Waals surface area contributed by atoms with E-state index in [9.17, 15) is 10.1 Å². The Bertz CT molecular complexity index is 903. The first kappa shape index (κ1) is 25.8. The van der Waals surface area contributed by atoms with Crippen LogP contribution in [0.1, 0.15) is 44.7 Å².